The lowest BCUT2D eigenvalue weighted by molar-refractivity contribution is -0.144. The van der Waals surface area contributed by atoms with Crippen molar-refractivity contribution in [3.05, 3.63) is 29.1 Å². The fraction of sp³-hybridized carbons (Fsp3) is 0.739. The van der Waals surface area contributed by atoms with E-state index in [0.717, 1.165) is 37.9 Å². The number of aromatic nitrogens is 1. The van der Waals surface area contributed by atoms with Crippen molar-refractivity contribution in [1.29, 1.82) is 0 Å². The minimum atomic E-state index is -4.45. The summed E-state index contributed by atoms with van der Waals surface area (Å²) in [6.07, 6.45) is 0.752. The number of carbonyl (C=O) groups excluding carboxylic acids is 1. The molecule has 2 saturated carbocycles. The maximum atomic E-state index is 14.2. The summed E-state index contributed by atoms with van der Waals surface area (Å²) in [4.78, 5) is 19.5. The number of carbonyl (C=O) groups is 1. The fourth-order valence-corrected chi connectivity index (χ4v) is 6.38. The van der Waals surface area contributed by atoms with E-state index in [9.17, 15) is 22.4 Å². The van der Waals surface area contributed by atoms with Gasteiger partial charge in [-0.3, -0.25) is 9.78 Å². The van der Waals surface area contributed by atoms with Gasteiger partial charge in [0, 0.05) is 50.1 Å². The maximum absolute atomic E-state index is 14.2. The molecule has 0 radical (unpaired) electrons. The van der Waals surface area contributed by atoms with Crippen LogP contribution in [0.25, 0.3) is 0 Å². The van der Waals surface area contributed by atoms with E-state index < -0.39 is 23.3 Å². The number of nitrogens with zero attached hydrogens (tertiary/aromatic N) is 2. The lowest BCUT2D eigenvalue weighted by atomic mass is 9.78. The molecule has 32 heavy (non-hydrogen) atoms. The zero-order chi connectivity index (χ0) is 22.5. The van der Waals surface area contributed by atoms with Crippen LogP contribution in [0.4, 0.5) is 17.6 Å². The summed E-state index contributed by atoms with van der Waals surface area (Å²) in [5, 5.41) is 3.46. The third kappa shape index (κ3) is 3.91. The second-order valence-corrected chi connectivity index (χ2v) is 9.84. The van der Waals surface area contributed by atoms with E-state index >= 15 is 0 Å². The Bertz CT molecular complexity index is 879. The van der Waals surface area contributed by atoms with Crippen LogP contribution in [0.1, 0.15) is 55.3 Å². The van der Waals surface area contributed by atoms with Crippen LogP contribution < -0.4 is 5.32 Å². The van der Waals surface area contributed by atoms with E-state index in [0.29, 0.717) is 43.7 Å². The summed E-state index contributed by atoms with van der Waals surface area (Å²) in [5.74, 6) is 0.294. The molecule has 9 heteroatoms. The Morgan fingerprint density at radius 1 is 1.31 bits per heavy atom. The normalized spacial score (nSPS) is 34.9. The number of rotatable bonds is 3. The highest BCUT2D eigenvalue weighted by Gasteiger charge is 2.56. The van der Waals surface area contributed by atoms with Crippen LogP contribution in [0.5, 0.6) is 0 Å². The molecule has 0 aromatic carbocycles. The van der Waals surface area contributed by atoms with Gasteiger partial charge in [0.15, 0.2) is 0 Å². The van der Waals surface area contributed by atoms with Crippen molar-refractivity contribution in [2.24, 2.45) is 11.3 Å². The van der Waals surface area contributed by atoms with Gasteiger partial charge in [0.05, 0.1) is 17.6 Å². The van der Waals surface area contributed by atoms with E-state index in [1.54, 1.807) is 4.90 Å². The average Bonchev–Trinajstić information content (AvgIpc) is 3.31. The lowest BCUT2D eigenvalue weighted by Gasteiger charge is -2.37. The van der Waals surface area contributed by atoms with Gasteiger partial charge in [0.2, 0.25) is 5.91 Å². The zero-order valence-corrected chi connectivity index (χ0v) is 18.0. The van der Waals surface area contributed by atoms with E-state index in [-0.39, 0.29) is 37.1 Å². The quantitative estimate of drug-likeness (QED) is 0.707. The van der Waals surface area contributed by atoms with Crippen LogP contribution in [0.3, 0.4) is 0 Å². The number of amides is 1. The van der Waals surface area contributed by atoms with Gasteiger partial charge in [0.25, 0.3) is 0 Å². The molecule has 0 spiro atoms. The predicted molar refractivity (Wildman–Crippen MR) is 108 cm³/mol. The predicted octanol–water partition coefficient (Wildman–Crippen LogP) is 3.65. The molecule has 3 heterocycles. The van der Waals surface area contributed by atoms with Gasteiger partial charge in [0.1, 0.15) is 6.17 Å². The number of fused-ring (bicyclic) bond motifs is 2. The number of hydrogen-bond donors (Lipinski definition) is 1. The Morgan fingerprint density at radius 2 is 2.16 bits per heavy atom. The molecule has 2 unspecified atom stereocenters. The first-order chi connectivity index (χ1) is 15.3. The first kappa shape index (κ1) is 22.1. The van der Waals surface area contributed by atoms with Crippen molar-refractivity contribution in [3.63, 3.8) is 0 Å². The Kier molecular flexibility index (Phi) is 5.68. The molecule has 4 aliphatic rings. The van der Waals surface area contributed by atoms with Crippen LogP contribution in [0.15, 0.2) is 12.3 Å². The second-order valence-electron chi connectivity index (χ2n) is 9.84. The van der Waals surface area contributed by atoms with Gasteiger partial charge in [-0.05, 0) is 49.7 Å². The summed E-state index contributed by atoms with van der Waals surface area (Å²) < 4.78 is 58.8. The first-order valence-corrected chi connectivity index (χ1v) is 11.6. The molecule has 176 valence electrons. The molecular weight excluding hydrogens is 426 g/mol. The lowest BCUT2D eigenvalue weighted by Crippen LogP contribution is -2.49. The molecule has 2 aliphatic heterocycles. The molecule has 5 atom stereocenters. The molecule has 5 rings (SSSR count). The van der Waals surface area contributed by atoms with Crippen molar-refractivity contribution in [2.75, 3.05) is 19.8 Å². The van der Waals surface area contributed by atoms with E-state index in [1.165, 1.54) is 0 Å². The molecular formula is C23H29F4N3O2. The third-order valence-electron chi connectivity index (χ3n) is 7.95. The summed E-state index contributed by atoms with van der Waals surface area (Å²) in [7, 11) is 0. The molecule has 2 aliphatic carbocycles. The molecule has 3 fully saturated rings. The number of ether oxygens (including phenoxy) is 1. The molecule has 5 nitrogen and oxygen atoms in total. The van der Waals surface area contributed by atoms with Crippen molar-refractivity contribution >= 4 is 5.91 Å². The first-order valence-electron chi connectivity index (χ1n) is 11.6. The third-order valence-corrected chi connectivity index (χ3v) is 7.95. The number of hydrogen-bond acceptors (Lipinski definition) is 4. The van der Waals surface area contributed by atoms with E-state index in [4.69, 9.17) is 4.74 Å². The standard InChI is InChI=1S/C23H29F4N3O2/c24-18-13-32-7-4-20(18)29-17-9-15-2-1-5-22(15,10-17)21(31)30-6-3-19-14(12-30)8-16(11-28-19)23(25,26)27/h8,11,15,17-18,20,29H,1-7,9-10,12-13H2/t15-,17-,18?,20?,22-/m1/s1. The second kappa shape index (κ2) is 8.24. The molecule has 1 amide bonds. The minimum Gasteiger partial charge on any atom is -0.378 e. The van der Waals surface area contributed by atoms with Crippen LogP contribution in [0.2, 0.25) is 0 Å². The van der Waals surface area contributed by atoms with Crippen LogP contribution in [0, 0.1) is 11.3 Å². The van der Waals surface area contributed by atoms with Gasteiger partial charge in [-0.1, -0.05) is 6.42 Å². The van der Waals surface area contributed by atoms with Gasteiger partial charge < -0.3 is 15.0 Å². The summed E-state index contributed by atoms with van der Waals surface area (Å²) in [6, 6.07) is 0.978. The molecule has 1 aromatic heterocycles. The highest BCUT2D eigenvalue weighted by atomic mass is 19.4. The Morgan fingerprint density at radius 3 is 2.94 bits per heavy atom. The molecule has 1 aromatic rings. The molecule has 1 N–H and O–H groups in total. The Hall–Kier alpha value is -1.74. The monoisotopic (exact) mass is 455 g/mol. The Labute approximate surface area is 184 Å². The number of halogens is 4. The van der Waals surface area contributed by atoms with Gasteiger partial charge >= 0.3 is 6.18 Å². The topological polar surface area (TPSA) is 54.5 Å². The van der Waals surface area contributed by atoms with Crippen molar-refractivity contribution in [3.8, 4) is 0 Å². The van der Waals surface area contributed by atoms with Crippen LogP contribution in [-0.4, -0.2) is 53.8 Å². The zero-order valence-electron chi connectivity index (χ0n) is 18.0. The molecule has 1 saturated heterocycles. The largest absolute Gasteiger partial charge is 0.417 e. The highest BCUT2D eigenvalue weighted by molar-refractivity contribution is 5.84. The minimum absolute atomic E-state index is 0.0520. The fourth-order valence-electron chi connectivity index (χ4n) is 6.38. The van der Waals surface area contributed by atoms with E-state index in [2.05, 4.69) is 10.3 Å². The Balaban J connectivity index is 1.31. The summed E-state index contributed by atoms with van der Waals surface area (Å²) >= 11 is 0. The van der Waals surface area contributed by atoms with Gasteiger partial charge in [-0.15, -0.1) is 0 Å². The number of nitrogens with one attached hydrogen (secondary N) is 1. The maximum Gasteiger partial charge on any atom is 0.417 e. The van der Waals surface area contributed by atoms with Gasteiger partial charge in [-0.2, -0.15) is 13.2 Å². The summed E-state index contributed by atoms with van der Waals surface area (Å²) in [6.45, 7) is 1.30. The molecule has 0 bridgehead atoms. The van der Waals surface area contributed by atoms with Crippen LogP contribution >= 0.6 is 0 Å². The van der Waals surface area contributed by atoms with Crippen LogP contribution in [-0.2, 0) is 28.7 Å². The van der Waals surface area contributed by atoms with Crippen molar-refractivity contribution < 1.29 is 27.1 Å². The number of alkyl halides is 4. The average molecular weight is 455 g/mol. The van der Waals surface area contributed by atoms with Gasteiger partial charge in [-0.25, -0.2) is 4.39 Å². The van der Waals surface area contributed by atoms with Crippen molar-refractivity contribution in [2.45, 2.75) is 75.9 Å². The SMILES string of the molecule is O=C(N1CCc2ncc(C(F)(F)F)cc2C1)[C@@]12CCC[C@@H]1C[C@@H](NC1CCOCC1F)C2. The highest BCUT2D eigenvalue weighted by Crippen LogP contribution is 2.55. The van der Waals surface area contributed by atoms with Crippen molar-refractivity contribution in [1.82, 2.24) is 15.2 Å². The smallest absolute Gasteiger partial charge is 0.378 e. The van der Waals surface area contributed by atoms with E-state index in [1.807, 2.05) is 0 Å². The number of pyridine rings is 1. The summed E-state index contributed by atoms with van der Waals surface area (Å²) in [5.41, 5.74) is -0.131.